The molecule has 0 atom stereocenters. The van der Waals surface area contributed by atoms with Gasteiger partial charge in [-0.15, -0.1) is 0 Å². The van der Waals surface area contributed by atoms with Gasteiger partial charge in [0.05, 0.1) is 5.56 Å². The summed E-state index contributed by atoms with van der Waals surface area (Å²) in [7, 11) is 2.14. The summed E-state index contributed by atoms with van der Waals surface area (Å²) >= 11 is 0. The molecule has 0 aliphatic carbocycles. The van der Waals surface area contributed by atoms with Crippen molar-refractivity contribution in [1.29, 1.82) is 0 Å². The fraction of sp³-hybridized carbons (Fsp3) is 0.227. The van der Waals surface area contributed by atoms with E-state index in [2.05, 4.69) is 37.4 Å². The van der Waals surface area contributed by atoms with Gasteiger partial charge in [0.2, 0.25) is 5.95 Å². The molecule has 1 aliphatic rings. The number of hydrogen-bond donors (Lipinski definition) is 2. The molecule has 1 aromatic heterocycles. The molecule has 0 spiro atoms. The molecule has 2 aromatic carbocycles. The quantitative estimate of drug-likeness (QED) is 0.699. The highest BCUT2D eigenvalue weighted by Crippen LogP contribution is 2.20. The number of nitrogens with one attached hydrogen (secondary N) is 2. The van der Waals surface area contributed by atoms with E-state index < -0.39 is 0 Å². The first-order valence-electron chi connectivity index (χ1n) is 9.66. The summed E-state index contributed by atoms with van der Waals surface area (Å²) in [6.45, 7) is 4.16. The Bertz CT molecular complexity index is 935. The Hall–Kier alpha value is -3.45. The minimum absolute atomic E-state index is 0.233. The van der Waals surface area contributed by atoms with Crippen molar-refractivity contribution in [3.05, 3.63) is 72.6 Å². The summed E-state index contributed by atoms with van der Waals surface area (Å²) in [5.41, 5.74) is 3.23. The molecule has 7 nitrogen and oxygen atoms in total. The molecule has 1 amide bonds. The molecule has 0 radical (unpaired) electrons. The summed E-state index contributed by atoms with van der Waals surface area (Å²) in [4.78, 5) is 25.6. The average molecular weight is 388 g/mol. The third-order valence-corrected chi connectivity index (χ3v) is 4.94. The second-order valence-corrected chi connectivity index (χ2v) is 7.08. The number of para-hydroxylation sites is 1. The highest BCUT2D eigenvalue weighted by atomic mass is 16.1. The van der Waals surface area contributed by atoms with Crippen LogP contribution in [-0.4, -0.2) is 54.0 Å². The lowest BCUT2D eigenvalue weighted by atomic mass is 10.2. The van der Waals surface area contributed by atoms with Crippen molar-refractivity contribution in [2.24, 2.45) is 0 Å². The van der Waals surface area contributed by atoms with Gasteiger partial charge in [0.1, 0.15) is 0 Å². The number of anilines is 4. The number of aromatic nitrogens is 2. The molecule has 29 heavy (non-hydrogen) atoms. The Morgan fingerprint density at radius 2 is 1.52 bits per heavy atom. The van der Waals surface area contributed by atoms with Crippen LogP contribution >= 0.6 is 0 Å². The Kier molecular flexibility index (Phi) is 5.67. The number of likely N-dealkylation sites (N-methyl/N-ethyl adjacent to an activating group) is 1. The fourth-order valence-electron chi connectivity index (χ4n) is 3.18. The SMILES string of the molecule is CN1CCN(c2ccc(NC(=O)c3cnc(Nc4ccccc4)nc3)cc2)CC1. The number of piperazine rings is 1. The molecular weight excluding hydrogens is 364 g/mol. The summed E-state index contributed by atoms with van der Waals surface area (Å²) < 4.78 is 0. The summed E-state index contributed by atoms with van der Waals surface area (Å²) in [6.07, 6.45) is 3.04. The normalized spacial score (nSPS) is 14.4. The van der Waals surface area contributed by atoms with E-state index in [4.69, 9.17) is 0 Å². The number of rotatable bonds is 5. The number of amides is 1. The van der Waals surface area contributed by atoms with E-state index in [0.717, 1.165) is 37.6 Å². The second kappa shape index (κ2) is 8.70. The fourth-order valence-corrected chi connectivity index (χ4v) is 3.18. The van der Waals surface area contributed by atoms with Crippen LogP contribution in [0.1, 0.15) is 10.4 Å². The number of nitrogens with zero attached hydrogens (tertiary/aromatic N) is 4. The van der Waals surface area contributed by atoms with E-state index in [1.54, 1.807) is 0 Å². The first-order chi connectivity index (χ1) is 14.2. The van der Waals surface area contributed by atoms with E-state index in [0.29, 0.717) is 11.5 Å². The van der Waals surface area contributed by atoms with Gasteiger partial charge in [-0.25, -0.2) is 9.97 Å². The van der Waals surface area contributed by atoms with Crippen molar-refractivity contribution in [3.8, 4) is 0 Å². The zero-order valence-electron chi connectivity index (χ0n) is 16.4. The molecule has 1 saturated heterocycles. The standard InChI is InChI=1S/C22H24N6O/c1-27-11-13-28(14-12-27)20-9-7-19(8-10-20)25-21(29)17-15-23-22(24-16-17)26-18-5-3-2-4-6-18/h2-10,15-16H,11-14H2,1H3,(H,25,29)(H,23,24,26). The van der Waals surface area contributed by atoms with E-state index in [-0.39, 0.29) is 5.91 Å². The van der Waals surface area contributed by atoms with Crippen molar-refractivity contribution >= 4 is 28.9 Å². The average Bonchev–Trinajstić information content (AvgIpc) is 2.76. The lowest BCUT2D eigenvalue weighted by Crippen LogP contribution is -2.44. The van der Waals surface area contributed by atoms with Gasteiger partial charge in [-0.2, -0.15) is 0 Å². The lowest BCUT2D eigenvalue weighted by molar-refractivity contribution is 0.102. The van der Waals surface area contributed by atoms with Crippen LogP contribution in [0.2, 0.25) is 0 Å². The van der Waals surface area contributed by atoms with Gasteiger partial charge < -0.3 is 20.4 Å². The van der Waals surface area contributed by atoms with Crippen molar-refractivity contribution in [3.63, 3.8) is 0 Å². The van der Waals surface area contributed by atoms with Crippen molar-refractivity contribution in [1.82, 2.24) is 14.9 Å². The number of benzene rings is 2. The number of carbonyl (C=O) groups excluding carboxylic acids is 1. The molecule has 0 unspecified atom stereocenters. The molecule has 0 bridgehead atoms. The van der Waals surface area contributed by atoms with E-state index in [1.807, 2.05) is 54.6 Å². The van der Waals surface area contributed by atoms with Gasteiger partial charge in [-0.05, 0) is 43.4 Å². The molecule has 4 rings (SSSR count). The monoisotopic (exact) mass is 388 g/mol. The van der Waals surface area contributed by atoms with Crippen molar-refractivity contribution in [2.45, 2.75) is 0 Å². The van der Waals surface area contributed by atoms with Gasteiger partial charge in [0, 0.05) is 55.6 Å². The van der Waals surface area contributed by atoms with Crippen LogP contribution in [0, 0.1) is 0 Å². The van der Waals surface area contributed by atoms with E-state index in [9.17, 15) is 4.79 Å². The van der Waals surface area contributed by atoms with Gasteiger partial charge in [0.15, 0.2) is 0 Å². The van der Waals surface area contributed by atoms with Crippen LogP contribution in [0.15, 0.2) is 67.0 Å². The van der Waals surface area contributed by atoms with Crippen LogP contribution in [-0.2, 0) is 0 Å². The maximum Gasteiger partial charge on any atom is 0.258 e. The highest BCUT2D eigenvalue weighted by Gasteiger charge is 2.14. The van der Waals surface area contributed by atoms with Crippen molar-refractivity contribution in [2.75, 3.05) is 48.8 Å². The first kappa shape index (κ1) is 18.9. The smallest absolute Gasteiger partial charge is 0.258 e. The van der Waals surface area contributed by atoms with Crippen LogP contribution in [0.3, 0.4) is 0 Å². The maximum absolute atomic E-state index is 12.5. The van der Waals surface area contributed by atoms with Crippen LogP contribution in [0.5, 0.6) is 0 Å². The zero-order valence-corrected chi connectivity index (χ0v) is 16.4. The lowest BCUT2D eigenvalue weighted by Gasteiger charge is -2.34. The largest absolute Gasteiger partial charge is 0.369 e. The third kappa shape index (κ3) is 4.89. The van der Waals surface area contributed by atoms with Gasteiger partial charge in [-0.1, -0.05) is 18.2 Å². The van der Waals surface area contributed by atoms with Gasteiger partial charge >= 0.3 is 0 Å². The summed E-state index contributed by atoms with van der Waals surface area (Å²) in [5, 5.41) is 6.00. The minimum atomic E-state index is -0.233. The molecule has 148 valence electrons. The van der Waals surface area contributed by atoms with Crippen LogP contribution in [0.4, 0.5) is 23.0 Å². The Morgan fingerprint density at radius 1 is 0.862 bits per heavy atom. The van der Waals surface area contributed by atoms with Gasteiger partial charge in [-0.3, -0.25) is 4.79 Å². The van der Waals surface area contributed by atoms with Crippen molar-refractivity contribution < 1.29 is 4.79 Å². The Labute approximate surface area is 170 Å². The van der Waals surface area contributed by atoms with E-state index in [1.165, 1.54) is 18.1 Å². The number of hydrogen-bond acceptors (Lipinski definition) is 6. The molecule has 1 fully saturated rings. The maximum atomic E-state index is 12.5. The first-order valence-corrected chi connectivity index (χ1v) is 9.66. The molecule has 1 aliphatic heterocycles. The minimum Gasteiger partial charge on any atom is -0.369 e. The third-order valence-electron chi connectivity index (χ3n) is 4.94. The molecule has 0 saturated carbocycles. The molecular formula is C22H24N6O. The topological polar surface area (TPSA) is 73.4 Å². The predicted molar refractivity (Wildman–Crippen MR) is 116 cm³/mol. The molecule has 2 N–H and O–H groups in total. The molecule has 3 aromatic rings. The van der Waals surface area contributed by atoms with Crippen LogP contribution in [0.25, 0.3) is 0 Å². The summed E-state index contributed by atoms with van der Waals surface area (Å²) in [5.74, 6) is 0.216. The second-order valence-electron chi connectivity index (χ2n) is 7.08. The van der Waals surface area contributed by atoms with Crippen LogP contribution < -0.4 is 15.5 Å². The Balaban J connectivity index is 1.35. The highest BCUT2D eigenvalue weighted by molar-refractivity contribution is 6.04. The summed E-state index contributed by atoms with van der Waals surface area (Å²) in [6, 6.07) is 17.6. The number of carbonyl (C=O) groups is 1. The predicted octanol–water partition coefficient (Wildman–Crippen LogP) is 3.22. The van der Waals surface area contributed by atoms with E-state index >= 15 is 0 Å². The molecule has 7 heteroatoms. The van der Waals surface area contributed by atoms with Gasteiger partial charge in [0.25, 0.3) is 5.91 Å². The molecule has 2 heterocycles. The Morgan fingerprint density at radius 3 is 2.17 bits per heavy atom. The zero-order chi connectivity index (χ0) is 20.1.